The van der Waals surface area contributed by atoms with Crippen LogP contribution in [0.3, 0.4) is 0 Å². The number of nitrogens with one attached hydrogen (secondary N) is 1. The third-order valence-corrected chi connectivity index (χ3v) is 3.55. The maximum atomic E-state index is 12.2. The van der Waals surface area contributed by atoms with E-state index in [0.717, 1.165) is 6.42 Å². The summed E-state index contributed by atoms with van der Waals surface area (Å²) in [6, 6.07) is -0.390. The number of amides is 2. The first-order chi connectivity index (χ1) is 9.06. The van der Waals surface area contributed by atoms with Crippen molar-refractivity contribution in [1.29, 1.82) is 0 Å². The van der Waals surface area contributed by atoms with Crippen molar-refractivity contribution in [3.63, 3.8) is 0 Å². The van der Waals surface area contributed by atoms with Gasteiger partial charge in [-0.15, -0.1) is 0 Å². The van der Waals surface area contributed by atoms with E-state index in [9.17, 15) is 14.4 Å². The zero-order chi connectivity index (χ0) is 13.8. The molecule has 106 valence electrons. The number of rotatable bonds is 3. The molecular weight excluding hydrogens is 250 g/mol. The summed E-state index contributed by atoms with van der Waals surface area (Å²) in [4.78, 5) is 37.6. The lowest BCUT2D eigenvalue weighted by Gasteiger charge is -2.24. The van der Waals surface area contributed by atoms with Crippen molar-refractivity contribution in [3.8, 4) is 0 Å². The van der Waals surface area contributed by atoms with Crippen LogP contribution in [0.4, 0.5) is 0 Å². The summed E-state index contributed by atoms with van der Waals surface area (Å²) in [5.41, 5.74) is 0. The van der Waals surface area contributed by atoms with Gasteiger partial charge in [0, 0.05) is 32.6 Å². The molecule has 0 bridgehead atoms. The number of carbonyl (C=O) groups excluding carboxylic acids is 2. The fourth-order valence-electron chi connectivity index (χ4n) is 2.56. The van der Waals surface area contributed by atoms with Crippen LogP contribution in [0.5, 0.6) is 0 Å². The van der Waals surface area contributed by atoms with Gasteiger partial charge in [0.2, 0.25) is 11.8 Å². The Labute approximate surface area is 111 Å². The van der Waals surface area contributed by atoms with Gasteiger partial charge in [0.15, 0.2) is 0 Å². The number of nitrogens with zero attached hydrogens (tertiary/aromatic N) is 2. The molecule has 19 heavy (non-hydrogen) atoms. The van der Waals surface area contributed by atoms with Crippen LogP contribution < -0.4 is 5.32 Å². The molecule has 0 radical (unpaired) electrons. The van der Waals surface area contributed by atoms with Gasteiger partial charge >= 0.3 is 5.97 Å². The second-order valence-electron chi connectivity index (χ2n) is 5.01. The minimum Gasteiger partial charge on any atom is -0.480 e. The number of carbonyl (C=O) groups is 3. The monoisotopic (exact) mass is 269 g/mol. The van der Waals surface area contributed by atoms with E-state index in [0.29, 0.717) is 39.0 Å². The van der Waals surface area contributed by atoms with Gasteiger partial charge < -0.3 is 15.3 Å². The average Bonchev–Trinajstić information content (AvgIpc) is 2.65. The van der Waals surface area contributed by atoms with Gasteiger partial charge in [0.1, 0.15) is 6.04 Å². The predicted molar refractivity (Wildman–Crippen MR) is 66.4 cm³/mol. The lowest BCUT2D eigenvalue weighted by Crippen LogP contribution is -2.46. The molecule has 2 N–H and O–H groups in total. The van der Waals surface area contributed by atoms with Crippen LogP contribution in [-0.2, 0) is 14.4 Å². The summed E-state index contributed by atoms with van der Waals surface area (Å²) in [5, 5.41) is 11.4. The molecule has 0 saturated carbocycles. The van der Waals surface area contributed by atoms with Crippen molar-refractivity contribution in [2.24, 2.45) is 0 Å². The van der Waals surface area contributed by atoms with Crippen molar-refractivity contribution in [1.82, 2.24) is 15.1 Å². The Morgan fingerprint density at radius 2 is 2.05 bits per heavy atom. The van der Waals surface area contributed by atoms with Crippen molar-refractivity contribution in [2.75, 3.05) is 32.7 Å². The molecule has 7 heteroatoms. The van der Waals surface area contributed by atoms with E-state index in [2.05, 4.69) is 5.32 Å². The fraction of sp³-hybridized carbons (Fsp3) is 0.750. The van der Waals surface area contributed by atoms with Crippen LogP contribution in [-0.4, -0.2) is 71.5 Å². The summed E-state index contributed by atoms with van der Waals surface area (Å²) in [5.74, 6) is -0.952. The summed E-state index contributed by atoms with van der Waals surface area (Å²) in [6.07, 6.45) is 1.74. The number of hydrogen-bond donors (Lipinski definition) is 2. The first kappa shape index (κ1) is 13.8. The molecule has 0 aliphatic carbocycles. The van der Waals surface area contributed by atoms with Crippen LogP contribution in [0.15, 0.2) is 0 Å². The minimum atomic E-state index is -0.845. The second-order valence-corrected chi connectivity index (χ2v) is 5.01. The largest absolute Gasteiger partial charge is 0.480 e. The Hall–Kier alpha value is -1.63. The maximum Gasteiger partial charge on any atom is 0.317 e. The second kappa shape index (κ2) is 6.01. The number of carboxylic acid groups (broad SMARTS) is 1. The first-order valence-electron chi connectivity index (χ1n) is 6.58. The van der Waals surface area contributed by atoms with Gasteiger partial charge in [-0.3, -0.25) is 19.3 Å². The maximum absolute atomic E-state index is 12.2. The highest BCUT2D eigenvalue weighted by molar-refractivity contribution is 5.90. The number of aliphatic carboxylic acids is 1. The highest BCUT2D eigenvalue weighted by atomic mass is 16.4. The summed E-state index contributed by atoms with van der Waals surface area (Å²) >= 11 is 0. The van der Waals surface area contributed by atoms with E-state index < -0.39 is 12.0 Å². The van der Waals surface area contributed by atoms with Gasteiger partial charge in [-0.1, -0.05) is 0 Å². The number of hydrogen-bond acceptors (Lipinski definition) is 4. The van der Waals surface area contributed by atoms with Gasteiger partial charge in [-0.25, -0.2) is 0 Å². The van der Waals surface area contributed by atoms with E-state index >= 15 is 0 Å². The van der Waals surface area contributed by atoms with E-state index in [-0.39, 0.29) is 18.4 Å². The molecular formula is C12H19N3O4. The summed E-state index contributed by atoms with van der Waals surface area (Å²) in [7, 11) is 0. The van der Waals surface area contributed by atoms with Crippen molar-refractivity contribution in [2.45, 2.75) is 25.3 Å². The zero-order valence-electron chi connectivity index (χ0n) is 10.8. The number of carboxylic acids is 1. The average molecular weight is 269 g/mol. The van der Waals surface area contributed by atoms with E-state index in [1.54, 1.807) is 4.90 Å². The first-order valence-corrected chi connectivity index (χ1v) is 6.58. The SMILES string of the molecule is O=C(O)CN1CCCN(C(=O)[C@@H]2CCC(=O)N2)CC1. The molecule has 0 spiro atoms. The van der Waals surface area contributed by atoms with Gasteiger partial charge in [0.25, 0.3) is 0 Å². The standard InChI is InChI=1S/C12H19N3O4/c16-10-3-2-9(13-10)12(19)15-5-1-4-14(6-7-15)8-11(17)18/h9H,1-8H2,(H,13,16)(H,17,18)/t9-/m0/s1. The molecule has 0 unspecified atom stereocenters. The zero-order valence-corrected chi connectivity index (χ0v) is 10.8. The summed E-state index contributed by atoms with van der Waals surface area (Å²) in [6.45, 7) is 2.42. The van der Waals surface area contributed by atoms with Crippen LogP contribution in [0.1, 0.15) is 19.3 Å². The van der Waals surface area contributed by atoms with Gasteiger partial charge in [-0.05, 0) is 12.8 Å². The van der Waals surface area contributed by atoms with E-state index in [1.165, 1.54) is 0 Å². The molecule has 0 aromatic carbocycles. The van der Waals surface area contributed by atoms with E-state index in [1.807, 2.05) is 4.90 Å². The third-order valence-electron chi connectivity index (χ3n) is 3.55. The van der Waals surface area contributed by atoms with Crippen molar-refractivity contribution < 1.29 is 19.5 Å². The van der Waals surface area contributed by atoms with Crippen LogP contribution >= 0.6 is 0 Å². The topological polar surface area (TPSA) is 90.0 Å². The Morgan fingerprint density at radius 1 is 1.26 bits per heavy atom. The van der Waals surface area contributed by atoms with Crippen LogP contribution in [0, 0.1) is 0 Å². The minimum absolute atomic E-state index is 0.0161. The molecule has 2 rings (SSSR count). The van der Waals surface area contributed by atoms with Gasteiger partial charge in [-0.2, -0.15) is 0 Å². The summed E-state index contributed by atoms with van der Waals surface area (Å²) < 4.78 is 0. The van der Waals surface area contributed by atoms with Crippen LogP contribution in [0.2, 0.25) is 0 Å². The molecule has 2 aliphatic heterocycles. The molecule has 2 aliphatic rings. The molecule has 1 atom stereocenters. The predicted octanol–water partition coefficient (Wildman–Crippen LogP) is -1.12. The van der Waals surface area contributed by atoms with E-state index in [4.69, 9.17) is 5.11 Å². The van der Waals surface area contributed by atoms with Crippen molar-refractivity contribution in [3.05, 3.63) is 0 Å². The quantitative estimate of drug-likeness (QED) is 0.677. The molecule has 0 aromatic rings. The Morgan fingerprint density at radius 3 is 2.68 bits per heavy atom. The molecule has 2 amide bonds. The lowest BCUT2D eigenvalue weighted by molar-refractivity contribution is -0.138. The smallest absolute Gasteiger partial charge is 0.317 e. The van der Waals surface area contributed by atoms with Gasteiger partial charge in [0.05, 0.1) is 6.54 Å². The van der Waals surface area contributed by atoms with Crippen molar-refractivity contribution >= 4 is 17.8 Å². The molecule has 2 fully saturated rings. The Balaban J connectivity index is 1.86. The lowest BCUT2D eigenvalue weighted by atomic mass is 10.2. The normalized spacial score (nSPS) is 24.9. The highest BCUT2D eigenvalue weighted by Gasteiger charge is 2.31. The fourth-order valence-corrected chi connectivity index (χ4v) is 2.56. The van der Waals surface area contributed by atoms with Crippen LogP contribution in [0.25, 0.3) is 0 Å². The Bertz CT molecular complexity index is 385. The highest BCUT2D eigenvalue weighted by Crippen LogP contribution is 2.12. The molecule has 7 nitrogen and oxygen atoms in total. The Kier molecular flexibility index (Phi) is 4.36. The molecule has 0 aromatic heterocycles. The molecule has 2 saturated heterocycles. The molecule has 2 heterocycles. The third kappa shape index (κ3) is 3.66.